The molecule has 0 aliphatic carbocycles. The van der Waals surface area contributed by atoms with Crippen LogP contribution in [0.5, 0.6) is 5.75 Å². The Morgan fingerprint density at radius 3 is 2.70 bits per heavy atom. The third-order valence-electron chi connectivity index (χ3n) is 4.18. The van der Waals surface area contributed by atoms with Crippen LogP contribution in [0.15, 0.2) is 24.3 Å². The second-order valence-electron chi connectivity index (χ2n) is 5.91. The maximum Gasteiger partial charge on any atom is 0.211 e. The Hall–Kier alpha value is -0.820. The summed E-state index contributed by atoms with van der Waals surface area (Å²) in [6.07, 6.45) is 2.04. The Morgan fingerprint density at radius 2 is 2.09 bits per heavy atom. The molecule has 130 valence electrons. The van der Waals surface area contributed by atoms with Crippen molar-refractivity contribution in [3.63, 3.8) is 0 Å². The van der Waals surface area contributed by atoms with Gasteiger partial charge in [0.25, 0.3) is 0 Å². The number of nitrogens with zero attached hydrogens (tertiary/aromatic N) is 1. The summed E-state index contributed by atoms with van der Waals surface area (Å²) < 4.78 is 31.6. The summed E-state index contributed by atoms with van der Waals surface area (Å²) in [5, 5.41) is 0.678. The van der Waals surface area contributed by atoms with E-state index in [0.717, 1.165) is 31.7 Å². The summed E-state index contributed by atoms with van der Waals surface area (Å²) in [5.74, 6) is 0.926. The van der Waals surface area contributed by atoms with Crippen LogP contribution in [0.3, 0.4) is 0 Å². The van der Waals surface area contributed by atoms with Gasteiger partial charge >= 0.3 is 0 Å². The van der Waals surface area contributed by atoms with E-state index in [1.165, 1.54) is 0 Å². The fraction of sp³-hybridized carbons (Fsp3) is 0.625. The van der Waals surface area contributed by atoms with E-state index in [2.05, 4.69) is 16.5 Å². The highest BCUT2D eigenvalue weighted by Crippen LogP contribution is 2.22. The fourth-order valence-electron chi connectivity index (χ4n) is 2.65. The van der Waals surface area contributed by atoms with Gasteiger partial charge in [-0.25, -0.2) is 13.1 Å². The second-order valence-corrected chi connectivity index (χ2v) is 8.44. The molecule has 0 amide bonds. The number of ether oxygens (including phenoxy) is 1. The molecule has 1 unspecified atom stereocenters. The van der Waals surface area contributed by atoms with Gasteiger partial charge in [-0.05, 0) is 44.9 Å². The standard InChI is InChI=1S/C16H25ClN2O3S/c1-3-23(20,21)18-12-13(2)19-9-7-15(8-10-19)22-16-6-4-5-14(17)11-16/h4-6,11,13,15,18H,3,7-10,12H2,1-2H3. The van der Waals surface area contributed by atoms with Crippen molar-refractivity contribution >= 4 is 21.6 Å². The maximum atomic E-state index is 11.5. The third-order valence-corrected chi connectivity index (χ3v) is 5.78. The summed E-state index contributed by atoms with van der Waals surface area (Å²) in [6, 6.07) is 7.64. The minimum Gasteiger partial charge on any atom is -0.490 e. The highest BCUT2D eigenvalue weighted by atomic mass is 35.5. The number of benzene rings is 1. The van der Waals surface area contributed by atoms with Crippen LogP contribution in [0.2, 0.25) is 5.02 Å². The largest absolute Gasteiger partial charge is 0.490 e. The van der Waals surface area contributed by atoms with Gasteiger partial charge in [0.15, 0.2) is 0 Å². The normalized spacial score (nSPS) is 18.7. The first-order chi connectivity index (χ1) is 10.9. The molecule has 1 aliphatic rings. The summed E-state index contributed by atoms with van der Waals surface area (Å²) in [6.45, 7) is 5.96. The minimum atomic E-state index is -3.12. The Balaban J connectivity index is 1.77. The van der Waals surface area contributed by atoms with Crippen LogP contribution >= 0.6 is 11.6 Å². The molecule has 1 aromatic rings. The first-order valence-electron chi connectivity index (χ1n) is 8.03. The molecule has 1 saturated heterocycles. The Kier molecular flexibility index (Phi) is 6.71. The second kappa shape index (κ2) is 8.33. The predicted octanol–water partition coefficient (Wildman–Crippen LogP) is 2.51. The van der Waals surface area contributed by atoms with E-state index in [4.69, 9.17) is 16.3 Å². The topological polar surface area (TPSA) is 58.6 Å². The van der Waals surface area contributed by atoms with E-state index in [1.54, 1.807) is 6.92 Å². The van der Waals surface area contributed by atoms with Gasteiger partial charge in [0, 0.05) is 30.7 Å². The molecule has 1 aromatic carbocycles. The Morgan fingerprint density at radius 1 is 1.39 bits per heavy atom. The number of sulfonamides is 1. The molecule has 1 heterocycles. The van der Waals surface area contributed by atoms with E-state index in [1.807, 2.05) is 24.3 Å². The first kappa shape index (κ1) is 18.5. The van der Waals surface area contributed by atoms with E-state index < -0.39 is 10.0 Å². The number of hydrogen-bond acceptors (Lipinski definition) is 4. The number of likely N-dealkylation sites (tertiary alicyclic amines) is 1. The molecule has 23 heavy (non-hydrogen) atoms. The molecule has 1 atom stereocenters. The Bertz CT molecular complexity index is 601. The first-order valence-corrected chi connectivity index (χ1v) is 10.1. The molecule has 7 heteroatoms. The van der Waals surface area contributed by atoms with E-state index in [9.17, 15) is 8.42 Å². The van der Waals surface area contributed by atoms with E-state index in [0.29, 0.717) is 11.6 Å². The van der Waals surface area contributed by atoms with Crippen LogP contribution in [0, 0.1) is 0 Å². The van der Waals surface area contributed by atoms with Gasteiger partial charge in [0.2, 0.25) is 10.0 Å². The van der Waals surface area contributed by atoms with Crippen molar-refractivity contribution < 1.29 is 13.2 Å². The van der Waals surface area contributed by atoms with Crippen molar-refractivity contribution in [2.24, 2.45) is 0 Å². The molecule has 0 aromatic heterocycles. The SMILES string of the molecule is CCS(=O)(=O)NCC(C)N1CCC(Oc2cccc(Cl)c2)CC1. The zero-order valence-corrected chi connectivity index (χ0v) is 15.2. The molecule has 2 rings (SSSR count). The molecule has 1 fully saturated rings. The number of piperidine rings is 1. The maximum absolute atomic E-state index is 11.5. The zero-order valence-electron chi connectivity index (χ0n) is 13.7. The fourth-order valence-corrected chi connectivity index (χ4v) is 3.53. The highest BCUT2D eigenvalue weighted by molar-refractivity contribution is 7.89. The lowest BCUT2D eigenvalue weighted by Crippen LogP contribution is -2.47. The molecular formula is C16H25ClN2O3S. The molecule has 0 spiro atoms. The van der Waals surface area contributed by atoms with Crippen LogP contribution in [0.25, 0.3) is 0 Å². The monoisotopic (exact) mass is 360 g/mol. The van der Waals surface area contributed by atoms with Crippen molar-refractivity contribution in [1.29, 1.82) is 0 Å². The van der Waals surface area contributed by atoms with Crippen LogP contribution in [-0.2, 0) is 10.0 Å². The van der Waals surface area contributed by atoms with Crippen LogP contribution < -0.4 is 9.46 Å². The average Bonchev–Trinajstić information content (AvgIpc) is 2.53. The van der Waals surface area contributed by atoms with Crippen LogP contribution in [-0.4, -0.2) is 50.9 Å². The van der Waals surface area contributed by atoms with E-state index in [-0.39, 0.29) is 17.9 Å². The summed E-state index contributed by atoms with van der Waals surface area (Å²) in [5.41, 5.74) is 0. The van der Waals surface area contributed by atoms with Crippen LogP contribution in [0.1, 0.15) is 26.7 Å². The van der Waals surface area contributed by atoms with Crippen molar-refractivity contribution in [2.45, 2.75) is 38.8 Å². The minimum absolute atomic E-state index is 0.120. The smallest absolute Gasteiger partial charge is 0.211 e. The highest BCUT2D eigenvalue weighted by Gasteiger charge is 2.24. The molecule has 0 radical (unpaired) electrons. The number of halogens is 1. The quantitative estimate of drug-likeness (QED) is 0.811. The van der Waals surface area contributed by atoms with E-state index >= 15 is 0 Å². The third kappa shape index (κ3) is 5.95. The molecule has 1 N–H and O–H groups in total. The van der Waals surface area contributed by atoms with Gasteiger partial charge in [-0.15, -0.1) is 0 Å². The van der Waals surface area contributed by atoms with Gasteiger partial charge in [-0.2, -0.15) is 0 Å². The van der Waals surface area contributed by atoms with Crippen molar-refractivity contribution in [1.82, 2.24) is 9.62 Å². The molecule has 5 nitrogen and oxygen atoms in total. The lowest BCUT2D eigenvalue weighted by molar-refractivity contribution is 0.0809. The lowest BCUT2D eigenvalue weighted by atomic mass is 10.1. The lowest BCUT2D eigenvalue weighted by Gasteiger charge is -2.36. The molecule has 1 aliphatic heterocycles. The van der Waals surface area contributed by atoms with Gasteiger partial charge in [0.05, 0.1) is 5.75 Å². The Labute approximate surface area is 144 Å². The predicted molar refractivity (Wildman–Crippen MR) is 93.6 cm³/mol. The van der Waals surface area contributed by atoms with Gasteiger partial charge < -0.3 is 4.74 Å². The van der Waals surface area contributed by atoms with Gasteiger partial charge in [0.1, 0.15) is 11.9 Å². The molecular weight excluding hydrogens is 336 g/mol. The summed E-state index contributed by atoms with van der Waals surface area (Å²) in [7, 11) is -3.12. The molecule has 0 bridgehead atoms. The van der Waals surface area contributed by atoms with Crippen molar-refractivity contribution in [3.8, 4) is 5.75 Å². The number of hydrogen-bond donors (Lipinski definition) is 1. The number of nitrogens with one attached hydrogen (secondary N) is 1. The van der Waals surface area contributed by atoms with Gasteiger partial charge in [-0.3, -0.25) is 4.90 Å². The summed E-state index contributed by atoms with van der Waals surface area (Å²) in [4.78, 5) is 2.30. The van der Waals surface area contributed by atoms with Crippen molar-refractivity contribution in [3.05, 3.63) is 29.3 Å². The average molecular weight is 361 g/mol. The zero-order chi connectivity index (χ0) is 16.9. The summed E-state index contributed by atoms with van der Waals surface area (Å²) >= 11 is 5.97. The number of rotatable bonds is 7. The molecule has 0 saturated carbocycles. The van der Waals surface area contributed by atoms with Crippen LogP contribution in [0.4, 0.5) is 0 Å². The van der Waals surface area contributed by atoms with Gasteiger partial charge in [-0.1, -0.05) is 17.7 Å². The van der Waals surface area contributed by atoms with Crippen molar-refractivity contribution in [2.75, 3.05) is 25.4 Å².